The first kappa shape index (κ1) is 14.1. The van der Waals surface area contributed by atoms with Crippen LogP contribution in [0.3, 0.4) is 0 Å². The van der Waals surface area contributed by atoms with Crippen molar-refractivity contribution < 1.29 is 13.5 Å². The van der Waals surface area contributed by atoms with E-state index >= 15 is 0 Å². The minimum absolute atomic E-state index is 0.232. The van der Waals surface area contributed by atoms with Crippen LogP contribution in [-0.4, -0.2) is 19.3 Å². The summed E-state index contributed by atoms with van der Waals surface area (Å²) in [6.45, 7) is 5.70. The van der Waals surface area contributed by atoms with E-state index in [0.29, 0.717) is 18.7 Å². The second kappa shape index (κ2) is 7.35. The number of rotatable bonds is 7. The van der Waals surface area contributed by atoms with Crippen LogP contribution in [0.4, 0.5) is 8.78 Å². The highest BCUT2D eigenvalue weighted by Crippen LogP contribution is 2.10. The summed E-state index contributed by atoms with van der Waals surface area (Å²) < 4.78 is 31.5. The Hall–Kier alpha value is -1.00. The predicted octanol–water partition coefficient (Wildman–Crippen LogP) is 2.87. The van der Waals surface area contributed by atoms with Crippen molar-refractivity contribution in [1.82, 2.24) is 5.32 Å². The number of hydrogen-bond donors (Lipinski definition) is 1. The Kier molecular flexibility index (Phi) is 6.08. The molecule has 0 saturated heterocycles. The molecule has 1 aromatic rings. The third kappa shape index (κ3) is 5.24. The standard InChI is InChI=1S/C13H19F2NO/c1-10(2)17-8-4-7-16-9-11-5-3-6-12(14)13(11)15/h3,5-6,10,16H,4,7-9H2,1-2H3. The lowest BCUT2D eigenvalue weighted by atomic mass is 10.2. The topological polar surface area (TPSA) is 21.3 Å². The second-order valence-electron chi connectivity index (χ2n) is 4.16. The van der Waals surface area contributed by atoms with Gasteiger partial charge in [0.05, 0.1) is 6.10 Å². The monoisotopic (exact) mass is 243 g/mol. The lowest BCUT2D eigenvalue weighted by molar-refractivity contribution is 0.0770. The first-order chi connectivity index (χ1) is 8.11. The van der Waals surface area contributed by atoms with Crippen LogP contribution >= 0.6 is 0 Å². The summed E-state index contributed by atoms with van der Waals surface area (Å²) in [6.07, 6.45) is 1.09. The molecule has 4 heteroatoms. The van der Waals surface area contributed by atoms with Crippen molar-refractivity contribution in [2.24, 2.45) is 0 Å². The van der Waals surface area contributed by atoms with E-state index in [9.17, 15) is 8.78 Å². The molecule has 0 radical (unpaired) electrons. The van der Waals surface area contributed by atoms with Gasteiger partial charge in [0.2, 0.25) is 0 Å². The lowest BCUT2D eigenvalue weighted by Crippen LogP contribution is -2.18. The normalized spacial score (nSPS) is 11.1. The first-order valence-electron chi connectivity index (χ1n) is 5.86. The maximum atomic E-state index is 13.2. The Morgan fingerprint density at radius 2 is 2.06 bits per heavy atom. The number of halogens is 2. The molecule has 0 amide bonds. The molecule has 1 N–H and O–H groups in total. The maximum absolute atomic E-state index is 13.2. The van der Waals surface area contributed by atoms with Gasteiger partial charge in [-0.15, -0.1) is 0 Å². The largest absolute Gasteiger partial charge is 0.379 e. The summed E-state index contributed by atoms with van der Waals surface area (Å²) in [4.78, 5) is 0. The van der Waals surface area contributed by atoms with E-state index in [4.69, 9.17) is 4.74 Å². The van der Waals surface area contributed by atoms with Gasteiger partial charge in [0, 0.05) is 18.7 Å². The molecule has 1 aromatic carbocycles. The van der Waals surface area contributed by atoms with Crippen LogP contribution in [0, 0.1) is 11.6 Å². The van der Waals surface area contributed by atoms with E-state index in [1.54, 1.807) is 6.07 Å². The smallest absolute Gasteiger partial charge is 0.163 e. The zero-order valence-electron chi connectivity index (χ0n) is 10.3. The molecule has 0 spiro atoms. The van der Waals surface area contributed by atoms with E-state index in [0.717, 1.165) is 19.0 Å². The van der Waals surface area contributed by atoms with Gasteiger partial charge in [-0.2, -0.15) is 0 Å². The maximum Gasteiger partial charge on any atom is 0.163 e. The van der Waals surface area contributed by atoms with Crippen molar-refractivity contribution in [3.8, 4) is 0 Å². The highest BCUT2D eigenvalue weighted by Gasteiger charge is 2.06. The molecule has 0 bridgehead atoms. The average molecular weight is 243 g/mol. The van der Waals surface area contributed by atoms with Crippen molar-refractivity contribution in [2.45, 2.75) is 32.9 Å². The Balaban J connectivity index is 2.20. The molecule has 0 heterocycles. The van der Waals surface area contributed by atoms with Gasteiger partial charge >= 0.3 is 0 Å². The average Bonchev–Trinajstić information content (AvgIpc) is 2.28. The second-order valence-corrected chi connectivity index (χ2v) is 4.16. The zero-order chi connectivity index (χ0) is 12.7. The van der Waals surface area contributed by atoms with Crippen molar-refractivity contribution in [1.29, 1.82) is 0 Å². The Labute approximate surface area is 101 Å². The van der Waals surface area contributed by atoms with E-state index in [2.05, 4.69) is 5.32 Å². The molecule has 0 aliphatic heterocycles. The summed E-state index contributed by atoms with van der Waals surface area (Å²) >= 11 is 0. The molecule has 0 aliphatic rings. The van der Waals surface area contributed by atoms with E-state index in [1.807, 2.05) is 13.8 Å². The Morgan fingerprint density at radius 3 is 2.76 bits per heavy atom. The van der Waals surface area contributed by atoms with Gasteiger partial charge in [0.15, 0.2) is 11.6 Å². The van der Waals surface area contributed by atoms with Gasteiger partial charge in [0.25, 0.3) is 0 Å². The summed E-state index contributed by atoms with van der Waals surface area (Å²) in [5.41, 5.74) is 0.356. The SMILES string of the molecule is CC(C)OCCCNCc1cccc(F)c1F. The lowest BCUT2D eigenvalue weighted by Gasteiger charge is -2.08. The summed E-state index contributed by atoms with van der Waals surface area (Å²) in [7, 11) is 0. The minimum atomic E-state index is -0.799. The molecule has 0 saturated carbocycles. The molecule has 17 heavy (non-hydrogen) atoms. The summed E-state index contributed by atoms with van der Waals surface area (Å²) in [5.74, 6) is -1.56. The molecule has 1 rings (SSSR count). The number of benzene rings is 1. The fraction of sp³-hybridized carbons (Fsp3) is 0.538. The molecule has 0 aromatic heterocycles. The highest BCUT2D eigenvalue weighted by atomic mass is 19.2. The Bertz CT molecular complexity index is 342. The van der Waals surface area contributed by atoms with Gasteiger partial charge in [-0.25, -0.2) is 8.78 Å². The van der Waals surface area contributed by atoms with Crippen molar-refractivity contribution in [2.75, 3.05) is 13.2 Å². The van der Waals surface area contributed by atoms with Crippen LogP contribution in [0.15, 0.2) is 18.2 Å². The fourth-order valence-corrected chi connectivity index (χ4v) is 1.42. The van der Waals surface area contributed by atoms with E-state index in [1.165, 1.54) is 6.07 Å². The van der Waals surface area contributed by atoms with Crippen LogP contribution < -0.4 is 5.32 Å². The predicted molar refractivity (Wildman–Crippen MR) is 63.8 cm³/mol. The number of ether oxygens (including phenoxy) is 1. The Morgan fingerprint density at radius 1 is 1.29 bits per heavy atom. The van der Waals surface area contributed by atoms with Crippen molar-refractivity contribution >= 4 is 0 Å². The van der Waals surface area contributed by atoms with Crippen LogP contribution in [-0.2, 0) is 11.3 Å². The van der Waals surface area contributed by atoms with Gasteiger partial charge in [-0.3, -0.25) is 0 Å². The van der Waals surface area contributed by atoms with Crippen molar-refractivity contribution in [3.63, 3.8) is 0 Å². The molecule has 0 aliphatic carbocycles. The summed E-state index contributed by atoms with van der Waals surface area (Å²) in [5, 5.41) is 3.06. The van der Waals surface area contributed by atoms with E-state index < -0.39 is 11.6 Å². The molecule has 96 valence electrons. The minimum Gasteiger partial charge on any atom is -0.379 e. The molecule has 2 nitrogen and oxygen atoms in total. The molecular formula is C13H19F2NO. The quantitative estimate of drug-likeness (QED) is 0.743. The third-order valence-corrected chi connectivity index (χ3v) is 2.30. The molecule has 0 unspecified atom stereocenters. The fourth-order valence-electron chi connectivity index (χ4n) is 1.42. The van der Waals surface area contributed by atoms with Gasteiger partial charge < -0.3 is 10.1 Å². The number of nitrogens with one attached hydrogen (secondary N) is 1. The highest BCUT2D eigenvalue weighted by molar-refractivity contribution is 5.18. The van der Waals surface area contributed by atoms with Crippen LogP contribution in [0.1, 0.15) is 25.8 Å². The van der Waals surface area contributed by atoms with Crippen molar-refractivity contribution in [3.05, 3.63) is 35.4 Å². The molecular weight excluding hydrogens is 224 g/mol. The van der Waals surface area contributed by atoms with Gasteiger partial charge in [0.1, 0.15) is 0 Å². The summed E-state index contributed by atoms with van der Waals surface area (Å²) in [6, 6.07) is 4.21. The molecule has 0 atom stereocenters. The van der Waals surface area contributed by atoms with Crippen LogP contribution in [0.2, 0.25) is 0 Å². The van der Waals surface area contributed by atoms with Gasteiger partial charge in [-0.05, 0) is 32.9 Å². The van der Waals surface area contributed by atoms with Gasteiger partial charge in [-0.1, -0.05) is 12.1 Å². The third-order valence-electron chi connectivity index (χ3n) is 2.30. The zero-order valence-corrected chi connectivity index (χ0v) is 10.3. The number of hydrogen-bond acceptors (Lipinski definition) is 2. The molecule has 0 fully saturated rings. The van der Waals surface area contributed by atoms with E-state index in [-0.39, 0.29) is 6.10 Å². The van der Waals surface area contributed by atoms with Crippen LogP contribution in [0.25, 0.3) is 0 Å². The van der Waals surface area contributed by atoms with Crippen LogP contribution in [0.5, 0.6) is 0 Å². The first-order valence-corrected chi connectivity index (χ1v) is 5.86.